The Morgan fingerprint density at radius 1 is 1.25 bits per heavy atom. The Morgan fingerprint density at radius 3 is 2.75 bits per heavy atom. The van der Waals surface area contributed by atoms with Crippen molar-refractivity contribution in [3.8, 4) is 0 Å². The topological polar surface area (TPSA) is 83.6 Å². The first-order valence-electron chi connectivity index (χ1n) is 10.2. The molecule has 0 aromatic heterocycles. The van der Waals surface area contributed by atoms with Crippen LogP contribution in [-0.2, 0) is 20.9 Å². The number of nitrogens with one attached hydrogen (secondary N) is 1. The zero-order chi connectivity index (χ0) is 20.3. The van der Waals surface area contributed by atoms with Crippen LogP contribution in [0.25, 0.3) is 0 Å². The summed E-state index contributed by atoms with van der Waals surface area (Å²) in [4.78, 5) is 50.0. The van der Waals surface area contributed by atoms with Crippen LogP contribution in [0.5, 0.6) is 0 Å². The summed E-state index contributed by atoms with van der Waals surface area (Å²) in [5.41, 5.74) is 2.54. The fourth-order valence-corrected chi connectivity index (χ4v) is 4.03. The van der Waals surface area contributed by atoms with Crippen LogP contribution in [0.4, 0.5) is 0 Å². The van der Waals surface area contributed by atoms with E-state index in [4.69, 9.17) is 0 Å². The van der Waals surface area contributed by atoms with Gasteiger partial charge >= 0.3 is 0 Å². The van der Waals surface area contributed by atoms with Gasteiger partial charge in [0.1, 0.15) is 11.8 Å². The minimum absolute atomic E-state index is 0.0965. The highest BCUT2D eigenvalue weighted by atomic mass is 16.2. The maximum atomic E-state index is 12.7. The van der Waals surface area contributed by atoms with Crippen LogP contribution in [0.1, 0.15) is 86.2 Å². The molecule has 0 spiro atoms. The minimum atomic E-state index is -0.599. The highest BCUT2D eigenvalue weighted by Gasteiger charge is 2.39. The lowest BCUT2D eigenvalue weighted by Gasteiger charge is -2.29. The zero-order valence-electron chi connectivity index (χ0n) is 16.6. The number of benzene rings is 1. The number of piperidine rings is 1. The quantitative estimate of drug-likeness (QED) is 0.551. The highest BCUT2D eigenvalue weighted by Crippen LogP contribution is 2.31. The van der Waals surface area contributed by atoms with E-state index in [1.165, 1.54) is 0 Å². The van der Waals surface area contributed by atoms with Crippen LogP contribution in [-0.4, -0.2) is 34.4 Å². The van der Waals surface area contributed by atoms with Gasteiger partial charge in [-0.05, 0) is 36.0 Å². The molecule has 1 aromatic carbocycles. The number of carbonyl (C=O) groups excluding carboxylic acids is 4. The number of hydrogen-bond acceptors (Lipinski definition) is 4. The smallest absolute Gasteiger partial charge is 0.255 e. The molecule has 1 N–H and O–H groups in total. The monoisotopic (exact) mass is 384 g/mol. The molecule has 150 valence electrons. The molecule has 6 nitrogen and oxygen atoms in total. The van der Waals surface area contributed by atoms with Gasteiger partial charge in [-0.1, -0.05) is 38.8 Å². The van der Waals surface area contributed by atoms with Crippen LogP contribution < -0.4 is 5.32 Å². The van der Waals surface area contributed by atoms with Crippen LogP contribution in [0.2, 0.25) is 0 Å². The maximum Gasteiger partial charge on any atom is 0.255 e. The van der Waals surface area contributed by atoms with Gasteiger partial charge in [-0.2, -0.15) is 0 Å². The van der Waals surface area contributed by atoms with E-state index in [9.17, 15) is 19.2 Å². The van der Waals surface area contributed by atoms with Crippen molar-refractivity contribution in [3.05, 3.63) is 34.9 Å². The molecule has 2 atom stereocenters. The first-order valence-corrected chi connectivity index (χ1v) is 10.2. The van der Waals surface area contributed by atoms with Crippen molar-refractivity contribution in [2.24, 2.45) is 0 Å². The Balaban J connectivity index is 1.67. The summed E-state index contributed by atoms with van der Waals surface area (Å²) in [6.45, 7) is 4.52. The molecule has 0 saturated carbocycles. The number of amides is 3. The molecular weight excluding hydrogens is 356 g/mol. The van der Waals surface area contributed by atoms with E-state index in [-0.39, 0.29) is 29.9 Å². The van der Waals surface area contributed by atoms with E-state index in [0.29, 0.717) is 31.4 Å². The van der Waals surface area contributed by atoms with E-state index in [2.05, 4.69) is 12.2 Å². The molecule has 3 rings (SSSR count). The lowest BCUT2D eigenvalue weighted by atomic mass is 9.92. The predicted octanol–water partition coefficient (Wildman–Crippen LogP) is 3.09. The Morgan fingerprint density at radius 2 is 2.04 bits per heavy atom. The van der Waals surface area contributed by atoms with Crippen molar-refractivity contribution >= 4 is 23.5 Å². The van der Waals surface area contributed by atoms with Crippen molar-refractivity contribution in [1.29, 1.82) is 0 Å². The first kappa shape index (κ1) is 20.2. The number of unbranched alkanes of at least 4 members (excludes halogenated alkanes) is 2. The van der Waals surface area contributed by atoms with E-state index in [0.717, 1.165) is 30.4 Å². The van der Waals surface area contributed by atoms with Gasteiger partial charge in [0.25, 0.3) is 5.91 Å². The van der Waals surface area contributed by atoms with Crippen molar-refractivity contribution < 1.29 is 19.2 Å². The second-order valence-electron chi connectivity index (χ2n) is 7.92. The largest absolute Gasteiger partial charge is 0.322 e. The Labute approximate surface area is 165 Å². The van der Waals surface area contributed by atoms with E-state index >= 15 is 0 Å². The van der Waals surface area contributed by atoms with Crippen molar-refractivity contribution in [2.75, 3.05) is 0 Å². The van der Waals surface area contributed by atoms with E-state index in [1.807, 2.05) is 19.1 Å². The van der Waals surface area contributed by atoms with Crippen LogP contribution >= 0.6 is 0 Å². The SMILES string of the molecule is CCCCCC(=O)CC(C)c1ccc2c(c1)CN(C1CCC(=O)NC1=O)C2=O. The van der Waals surface area contributed by atoms with Gasteiger partial charge in [0.2, 0.25) is 11.8 Å². The lowest BCUT2D eigenvalue weighted by molar-refractivity contribution is -0.137. The number of ketones is 1. The summed E-state index contributed by atoms with van der Waals surface area (Å²) in [5, 5.41) is 2.32. The number of rotatable bonds is 8. The Bertz CT molecular complexity index is 802. The molecule has 2 aliphatic heterocycles. The molecule has 1 aromatic rings. The molecule has 2 aliphatic rings. The summed E-state index contributed by atoms with van der Waals surface area (Å²) in [6, 6.07) is 5.10. The van der Waals surface area contributed by atoms with Gasteiger partial charge < -0.3 is 4.90 Å². The van der Waals surface area contributed by atoms with Crippen molar-refractivity contribution in [1.82, 2.24) is 10.2 Å². The summed E-state index contributed by atoms with van der Waals surface area (Å²) >= 11 is 0. The number of Topliss-reactive ketones (excluding diaryl/α,β-unsaturated/α-hetero) is 1. The fraction of sp³-hybridized carbons (Fsp3) is 0.545. The molecule has 28 heavy (non-hydrogen) atoms. The van der Waals surface area contributed by atoms with Gasteiger partial charge in [-0.15, -0.1) is 0 Å². The second kappa shape index (κ2) is 8.67. The van der Waals surface area contributed by atoms with Crippen LogP contribution in [0.15, 0.2) is 18.2 Å². The van der Waals surface area contributed by atoms with Gasteiger partial charge in [0.05, 0.1) is 0 Å². The van der Waals surface area contributed by atoms with Crippen LogP contribution in [0.3, 0.4) is 0 Å². The van der Waals surface area contributed by atoms with Crippen LogP contribution in [0, 0.1) is 0 Å². The van der Waals surface area contributed by atoms with E-state index < -0.39 is 11.9 Å². The number of carbonyl (C=O) groups is 4. The molecule has 2 heterocycles. The molecule has 6 heteroatoms. The highest BCUT2D eigenvalue weighted by molar-refractivity contribution is 6.05. The zero-order valence-corrected chi connectivity index (χ0v) is 16.6. The molecular formula is C22H28N2O4. The third-order valence-corrected chi connectivity index (χ3v) is 5.71. The molecule has 2 unspecified atom stereocenters. The molecule has 1 saturated heterocycles. The van der Waals surface area contributed by atoms with Gasteiger partial charge in [-0.25, -0.2) is 0 Å². The van der Waals surface area contributed by atoms with Gasteiger partial charge in [0.15, 0.2) is 0 Å². The van der Waals surface area contributed by atoms with Gasteiger partial charge in [0, 0.05) is 31.4 Å². The van der Waals surface area contributed by atoms with Crippen molar-refractivity contribution in [2.45, 2.75) is 77.3 Å². The number of fused-ring (bicyclic) bond motifs is 1. The molecule has 0 radical (unpaired) electrons. The van der Waals surface area contributed by atoms with E-state index in [1.54, 1.807) is 11.0 Å². The number of hydrogen-bond donors (Lipinski definition) is 1. The van der Waals surface area contributed by atoms with Crippen molar-refractivity contribution in [3.63, 3.8) is 0 Å². The fourth-order valence-electron chi connectivity index (χ4n) is 4.03. The predicted molar refractivity (Wildman–Crippen MR) is 105 cm³/mol. The third kappa shape index (κ3) is 4.32. The molecule has 1 fully saturated rings. The number of imide groups is 1. The first-order chi connectivity index (χ1) is 13.4. The summed E-state index contributed by atoms with van der Waals surface area (Å²) in [6.07, 6.45) is 4.88. The second-order valence-corrected chi connectivity index (χ2v) is 7.92. The summed E-state index contributed by atoms with van der Waals surface area (Å²) < 4.78 is 0. The molecule has 3 amide bonds. The van der Waals surface area contributed by atoms with Gasteiger partial charge in [-0.3, -0.25) is 24.5 Å². The standard InChI is InChI=1S/C22H28N2O4/c1-3-4-5-6-17(25)11-14(2)15-7-8-18-16(12-15)13-24(22(18)28)19-9-10-20(26)23-21(19)27/h7-8,12,14,19H,3-6,9-11,13H2,1-2H3,(H,23,26,27). The Hall–Kier alpha value is -2.50. The minimum Gasteiger partial charge on any atom is -0.322 e. The average Bonchev–Trinajstić information content (AvgIpc) is 2.98. The third-order valence-electron chi connectivity index (χ3n) is 5.71. The normalized spacial score (nSPS) is 20.1. The average molecular weight is 384 g/mol. The number of nitrogens with zero attached hydrogens (tertiary/aromatic N) is 1. The summed E-state index contributed by atoms with van der Waals surface area (Å²) in [7, 11) is 0. The molecule has 0 aliphatic carbocycles. The maximum absolute atomic E-state index is 12.7. The molecule has 0 bridgehead atoms. The summed E-state index contributed by atoms with van der Waals surface area (Å²) in [5.74, 6) is -0.477. The Kier molecular flexibility index (Phi) is 6.27. The lowest BCUT2D eigenvalue weighted by Crippen LogP contribution is -2.52.